The van der Waals surface area contributed by atoms with Crippen molar-refractivity contribution in [3.05, 3.63) is 24.3 Å². The van der Waals surface area contributed by atoms with Gasteiger partial charge in [-0.15, -0.1) is 13.2 Å². The Labute approximate surface area is 114 Å². The van der Waals surface area contributed by atoms with Crippen molar-refractivity contribution in [2.45, 2.75) is 26.1 Å². The number of benzene rings is 1. The lowest BCUT2D eigenvalue weighted by Crippen LogP contribution is -2.19. The third-order valence-electron chi connectivity index (χ3n) is 2.25. The quantitative estimate of drug-likeness (QED) is 0.784. The summed E-state index contributed by atoms with van der Waals surface area (Å²) in [4.78, 5) is 11.4. The average Bonchev–Trinajstić information content (AvgIpc) is 2.35. The van der Waals surface area contributed by atoms with E-state index in [2.05, 4.69) is 10.1 Å². The lowest BCUT2D eigenvalue weighted by atomic mass is 10.3. The van der Waals surface area contributed by atoms with Gasteiger partial charge in [0.1, 0.15) is 12.4 Å². The standard InChI is InChI=1S/C13H16F3NO3/c1-2-3-8-19-9-12(18)17-10-4-6-11(7-5-10)20-13(14,15)16/h4-7H,2-3,8-9H2,1H3,(H,17,18). The van der Waals surface area contributed by atoms with Gasteiger partial charge in [0.05, 0.1) is 0 Å². The van der Waals surface area contributed by atoms with Crippen LogP contribution in [0.2, 0.25) is 0 Å². The van der Waals surface area contributed by atoms with Crippen LogP contribution in [0, 0.1) is 0 Å². The first kappa shape index (κ1) is 16.3. The van der Waals surface area contributed by atoms with E-state index in [-0.39, 0.29) is 18.3 Å². The molecule has 1 N–H and O–H groups in total. The molecule has 0 saturated heterocycles. The Morgan fingerprint density at radius 2 is 1.90 bits per heavy atom. The fraction of sp³-hybridized carbons (Fsp3) is 0.462. The van der Waals surface area contributed by atoms with E-state index in [4.69, 9.17) is 4.74 Å². The molecule has 0 atom stereocenters. The van der Waals surface area contributed by atoms with E-state index in [0.29, 0.717) is 12.3 Å². The molecule has 0 aliphatic heterocycles. The van der Waals surface area contributed by atoms with Gasteiger partial charge in [-0.3, -0.25) is 4.79 Å². The van der Waals surface area contributed by atoms with E-state index in [0.717, 1.165) is 25.0 Å². The molecule has 0 aliphatic rings. The molecule has 0 aromatic heterocycles. The fourth-order valence-corrected chi connectivity index (χ4v) is 1.35. The minimum absolute atomic E-state index is 0.0825. The van der Waals surface area contributed by atoms with Gasteiger partial charge in [-0.05, 0) is 30.7 Å². The van der Waals surface area contributed by atoms with Crippen LogP contribution in [0.3, 0.4) is 0 Å². The lowest BCUT2D eigenvalue weighted by Gasteiger charge is -2.10. The number of rotatable bonds is 7. The van der Waals surface area contributed by atoms with Gasteiger partial charge >= 0.3 is 6.36 Å². The number of anilines is 1. The Balaban J connectivity index is 2.39. The van der Waals surface area contributed by atoms with Gasteiger partial charge in [0.2, 0.25) is 5.91 Å². The minimum Gasteiger partial charge on any atom is -0.406 e. The summed E-state index contributed by atoms with van der Waals surface area (Å²) in [6.07, 6.45) is -2.88. The molecule has 0 bridgehead atoms. The summed E-state index contributed by atoms with van der Waals surface area (Å²) in [6.45, 7) is 2.43. The second-order valence-electron chi connectivity index (χ2n) is 4.03. The van der Waals surface area contributed by atoms with Crippen molar-refractivity contribution in [3.8, 4) is 5.75 Å². The zero-order valence-corrected chi connectivity index (χ0v) is 11.0. The summed E-state index contributed by atoms with van der Waals surface area (Å²) in [5.41, 5.74) is 0.378. The van der Waals surface area contributed by atoms with Gasteiger partial charge in [0, 0.05) is 12.3 Å². The van der Waals surface area contributed by atoms with Crippen molar-refractivity contribution in [2.24, 2.45) is 0 Å². The van der Waals surface area contributed by atoms with Crippen molar-refractivity contribution in [3.63, 3.8) is 0 Å². The Hall–Kier alpha value is -1.76. The predicted molar refractivity (Wildman–Crippen MR) is 67.5 cm³/mol. The number of amides is 1. The maximum atomic E-state index is 11.9. The van der Waals surface area contributed by atoms with Crippen molar-refractivity contribution in [1.29, 1.82) is 0 Å². The third-order valence-corrected chi connectivity index (χ3v) is 2.25. The molecule has 0 radical (unpaired) electrons. The smallest absolute Gasteiger partial charge is 0.406 e. The molecule has 1 amide bonds. The van der Waals surface area contributed by atoms with Crippen LogP contribution in [0.1, 0.15) is 19.8 Å². The Bertz CT molecular complexity index is 418. The molecule has 0 heterocycles. The molecule has 1 aromatic rings. The number of alkyl halides is 3. The normalized spacial score (nSPS) is 11.2. The van der Waals surface area contributed by atoms with Gasteiger partial charge in [-0.1, -0.05) is 13.3 Å². The molecule has 0 aliphatic carbocycles. The van der Waals surface area contributed by atoms with Crippen LogP contribution < -0.4 is 10.1 Å². The van der Waals surface area contributed by atoms with E-state index in [9.17, 15) is 18.0 Å². The summed E-state index contributed by atoms with van der Waals surface area (Å²) >= 11 is 0. The van der Waals surface area contributed by atoms with E-state index in [1.54, 1.807) is 0 Å². The van der Waals surface area contributed by atoms with Crippen molar-refractivity contribution < 1.29 is 27.4 Å². The molecule has 0 saturated carbocycles. The molecular weight excluding hydrogens is 275 g/mol. The first-order valence-electron chi connectivity index (χ1n) is 6.14. The zero-order chi connectivity index (χ0) is 15.0. The van der Waals surface area contributed by atoms with Crippen LogP contribution in [-0.4, -0.2) is 25.5 Å². The first-order valence-corrected chi connectivity index (χ1v) is 6.14. The second kappa shape index (κ2) is 7.74. The molecule has 0 spiro atoms. The predicted octanol–water partition coefficient (Wildman–Crippen LogP) is 3.34. The summed E-state index contributed by atoms with van der Waals surface area (Å²) < 4.78 is 44.7. The van der Waals surface area contributed by atoms with Crippen LogP contribution in [-0.2, 0) is 9.53 Å². The number of unbranched alkanes of at least 4 members (excludes halogenated alkanes) is 1. The Morgan fingerprint density at radius 1 is 1.25 bits per heavy atom. The van der Waals surface area contributed by atoms with Gasteiger partial charge in [-0.25, -0.2) is 0 Å². The van der Waals surface area contributed by atoms with E-state index in [1.165, 1.54) is 12.1 Å². The molecule has 4 nitrogen and oxygen atoms in total. The monoisotopic (exact) mass is 291 g/mol. The maximum Gasteiger partial charge on any atom is 0.573 e. The van der Waals surface area contributed by atoms with Gasteiger partial charge in [-0.2, -0.15) is 0 Å². The van der Waals surface area contributed by atoms with E-state index >= 15 is 0 Å². The number of hydrogen-bond donors (Lipinski definition) is 1. The molecule has 1 aromatic carbocycles. The molecule has 112 valence electrons. The minimum atomic E-state index is -4.72. The SMILES string of the molecule is CCCCOCC(=O)Nc1ccc(OC(F)(F)F)cc1. The highest BCUT2D eigenvalue weighted by Gasteiger charge is 2.30. The van der Waals surface area contributed by atoms with Crippen molar-refractivity contribution in [1.82, 2.24) is 0 Å². The Morgan fingerprint density at radius 3 is 2.45 bits per heavy atom. The van der Waals surface area contributed by atoms with Crippen molar-refractivity contribution >= 4 is 11.6 Å². The fourth-order valence-electron chi connectivity index (χ4n) is 1.35. The number of carbonyl (C=O) groups excluding carboxylic acids is 1. The molecule has 7 heteroatoms. The van der Waals surface area contributed by atoms with Crippen LogP contribution >= 0.6 is 0 Å². The lowest BCUT2D eigenvalue weighted by molar-refractivity contribution is -0.274. The topological polar surface area (TPSA) is 47.6 Å². The number of halogens is 3. The highest BCUT2D eigenvalue weighted by atomic mass is 19.4. The van der Waals surface area contributed by atoms with Crippen molar-refractivity contribution in [2.75, 3.05) is 18.5 Å². The van der Waals surface area contributed by atoms with Gasteiger partial charge < -0.3 is 14.8 Å². The third kappa shape index (κ3) is 6.98. The summed E-state index contributed by atoms with van der Waals surface area (Å²) in [5, 5.41) is 2.51. The second-order valence-corrected chi connectivity index (χ2v) is 4.03. The van der Waals surface area contributed by atoms with E-state index in [1.807, 2.05) is 6.92 Å². The highest BCUT2D eigenvalue weighted by molar-refractivity contribution is 5.91. The number of carbonyl (C=O) groups is 1. The van der Waals surface area contributed by atoms with Crippen LogP contribution in [0.5, 0.6) is 5.75 Å². The number of nitrogens with one attached hydrogen (secondary N) is 1. The highest BCUT2D eigenvalue weighted by Crippen LogP contribution is 2.23. The Kier molecular flexibility index (Phi) is 6.30. The van der Waals surface area contributed by atoms with Crippen LogP contribution in [0.15, 0.2) is 24.3 Å². The average molecular weight is 291 g/mol. The number of ether oxygens (including phenoxy) is 2. The maximum absolute atomic E-state index is 11.9. The van der Waals surface area contributed by atoms with E-state index < -0.39 is 6.36 Å². The summed E-state index contributed by atoms with van der Waals surface area (Å²) in [7, 11) is 0. The molecule has 0 fully saturated rings. The zero-order valence-electron chi connectivity index (χ0n) is 11.0. The summed E-state index contributed by atoms with van der Waals surface area (Å²) in [5.74, 6) is -0.694. The van der Waals surface area contributed by atoms with Crippen LogP contribution in [0.4, 0.5) is 18.9 Å². The largest absolute Gasteiger partial charge is 0.573 e. The molecular formula is C13H16F3NO3. The molecule has 1 rings (SSSR count). The number of hydrogen-bond acceptors (Lipinski definition) is 3. The van der Waals surface area contributed by atoms with Gasteiger partial charge in [0.15, 0.2) is 0 Å². The van der Waals surface area contributed by atoms with Crippen LogP contribution in [0.25, 0.3) is 0 Å². The first-order chi connectivity index (χ1) is 9.40. The summed E-state index contributed by atoms with van der Waals surface area (Å²) in [6, 6.07) is 4.90. The molecule has 20 heavy (non-hydrogen) atoms. The van der Waals surface area contributed by atoms with Gasteiger partial charge in [0.25, 0.3) is 0 Å². The molecule has 0 unspecified atom stereocenters.